The second-order valence-electron chi connectivity index (χ2n) is 20.8. The standard InChI is InChI=1S/C55H87NO11/c1-13-42-25-24-41(31-49(42)64-11)30-38(7)48-33-46(57)37(6)29-36(5)44(14-2)51(65-12)50(58)39(8)28-34(3)20-16-15-17-21-35(4)47(63-10)32-43-26-23-40(9)55(62,67-43)52(59)53(60)56-27-19-18-22-45(56)54(61)66-48/h15-17,20-21,29,34,37-45,47-49,51,62H,13-14,18-19,22-28,30-33H2,1-12H3/b17-15+,20-16+,35-21+,36-29+/t34-,37-,38?,39-,40-,41+,42-,43+,44-,45+,47+,48?,49-,51-,55-/m1/s1. The normalized spacial score (nSPS) is 39.6. The minimum absolute atomic E-state index is 0.0289. The Balaban J connectivity index is 1.72. The third-order valence-electron chi connectivity index (χ3n) is 15.8. The number of carbonyl (C=O) groups excluding carboxylic acids is 5. The smallest absolute Gasteiger partial charge is 0.329 e. The number of esters is 1. The third-order valence-corrected chi connectivity index (χ3v) is 15.8. The Kier molecular flexibility index (Phi) is 22.4. The number of methoxy groups -OCH3 is 3. The lowest BCUT2D eigenvalue weighted by Gasteiger charge is -2.42. The zero-order valence-electron chi connectivity index (χ0n) is 43.1. The van der Waals surface area contributed by atoms with E-state index in [-0.39, 0.29) is 66.8 Å². The fourth-order valence-electron chi connectivity index (χ4n) is 11.3. The number of cyclic esters (lactones) is 1. The summed E-state index contributed by atoms with van der Waals surface area (Å²) in [5.74, 6) is -6.24. The molecule has 2 saturated heterocycles. The van der Waals surface area contributed by atoms with Crippen LogP contribution in [0.2, 0.25) is 0 Å². The highest BCUT2D eigenvalue weighted by Crippen LogP contribution is 2.39. The van der Waals surface area contributed by atoms with Crippen LogP contribution in [0.1, 0.15) is 152 Å². The Morgan fingerprint density at radius 3 is 2.22 bits per heavy atom. The molecule has 0 radical (unpaired) electrons. The van der Waals surface area contributed by atoms with Gasteiger partial charge in [0.25, 0.3) is 11.7 Å². The molecular formula is C55H87NO11. The van der Waals surface area contributed by atoms with Crippen LogP contribution in [0.4, 0.5) is 0 Å². The van der Waals surface area contributed by atoms with Crippen molar-refractivity contribution >= 4 is 29.2 Å². The Morgan fingerprint density at radius 2 is 1.57 bits per heavy atom. The predicted octanol–water partition coefficient (Wildman–Crippen LogP) is 9.51. The summed E-state index contributed by atoms with van der Waals surface area (Å²) in [6.07, 6.45) is 18.2. The van der Waals surface area contributed by atoms with E-state index < -0.39 is 59.6 Å². The van der Waals surface area contributed by atoms with Gasteiger partial charge in [0.05, 0.1) is 18.3 Å². The van der Waals surface area contributed by atoms with Crippen LogP contribution in [0.25, 0.3) is 0 Å². The van der Waals surface area contributed by atoms with E-state index in [0.29, 0.717) is 56.8 Å². The Labute approximate surface area is 403 Å². The average Bonchev–Trinajstić information content (AvgIpc) is 3.31. The van der Waals surface area contributed by atoms with Gasteiger partial charge in [0.2, 0.25) is 5.79 Å². The molecule has 15 atom stereocenters. The number of hydrogen-bond donors (Lipinski definition) is 1. The van der Waals surface area contributed by atoms with Gasteiger partial charge < -0.3 is 33.7 Å². The first-order valence-corrected chi connectivity index (χ1v) is 25.6. The second-order valence-corrected chi connectivity index (χ2v) is 20.8. The maximum atomic E-state index is 14.5. The number of hydrogen-bond acceptors (Lipinski definition) is 11. The van der Waals surface area contributed by atoms with E-state index in [1.54, 1.807) is 28.3 Å². The van der Waals surface area contributed by atoms with Crippen molar-refractivity contribution in [2.75, 3.05) is 27.9 Å². The van der Waals surface area contributed by atoms with E-state index in [9.17, 15) is 29.1 Å². The Bertz CT molecular complexity index is 1790. The van der Waals surface area contributed by atoms with Crippen molar-refractivity contribution in [2.45, 2.75) is 195 Å². The first kappa shape index (κ1) is 56.3. The lowest BCUT2D eigenvalue weighted by atomic mass is 9.74. The number of amides is 1. The summed E-state index contributed by atoms with van der Waals surface area (Å²) in [7, 11) is 4.94. The number of piperidine rings is 1. The van der Waals surface area contributed by atoms with Gasteiger partial charge in [0.15, 0.2) is 5.78 Å². The molecule has 4 rings (SSSR count). The number of rotatable bonds is 8. The summed E-state index contributed by atoms with van der Waals surface area (Å²) in [5, 5.41) is 12.0. The maximum Gasteiger partial charge on any atom is 0.329 e. The van der Waals surface area contributed by atoms with Gasteiger partial charge in [-0.15, -0.1) is 0 Å². The minimum Gasteiger partial charge on any atom is -0.460 e. The van der Waals surface area contributed by atoms with Crippen molar-refractivity contribution in [3.63, 3.8) is 0 Å². The van der Waals surface area contributed by atoms with E-state index in [2.05, 4.69) is 19.9 Å². The summed E-state index contributed by atoms with van der Waals surface area (Å²) in [6, 6.07) is -1.07. The van der Waals surface area contributed by atoms with Gasteiger partial charge >= 0.3 is 5.97 Å². The molecule has 1 N–H and O–H groups in total. The van der Waals surface area contributed by atoms with E-state index in [4.69, 9.17) is 23.7 Å². The summed E-state index contributed by atoms with van der Waals surface area (Å²) < 4.78 is 30.3. The lowest BCUT2D eigenvalue weighted by Crippen LogP contribution is -2.61. The molecule has 0 aromatic heterocycles. The molecule has 378 valence electrons. The lowest BCUT2D eigenvalue weighted by molar-refractivity contribution is -0.265. The quantitative estimate of drug-likeness (QED) is 0.141. The maximum absolute atomic E-state index is 14.5. The highest BCUT2D eigenvalue weighted by Gasteiger charge is 2.53. The van der Waals surface area contributed by atoms with Gasteiger partial charge in [-0.3, -0.25) is 19.2 Å². The Morgan fingerprint density at radius 1 is 0.836 bits per heavy atom. The summed E-state index contributed by atoms with van der Waals surface area (Å²) in [6.45, 7) is 17.9. The van der Waals surface area contributed by atoms with Gasteiger partial charge in [-0.05, 0) is 114 Å². The van der Waals surface area contributed by atoms with Crippen molar-refractivity contribution < 1.29 is 52.8 Å². The van der Waals surface area contributed by atoms with Crippen LogP contribution in [0.3, 0.4) is 0 Å². The van der Waals surface area contributed by atoms with Crippen LogP contribution in [0, 0.1) is 47.3 Å². The van der Waals surface area contributed by atoms with Crippen LogP contribution >= 0.6 is 0 Å². The molecule has 12 heteroatoms. The topological polar surface area (TPSA) is 155 Å². The number of allylic oxidation sites excluding steroid dienone is 6. The van der Waals surface area contributed by atoms with Crippen LogP contribution < -0.4 is 0 Å². The summed E-state index contributed by atoms with van der Waals surface area (Å²) in [4.78, 5) is 72.7. The van der Waals surface area contributed by atoms with Crippen molar-refractivity contribution in [3.05, 3.63) is 47.6 Å². The molecule has 1 aliphatic carbocycles. The largest absolute Gasteiger partial charge is 0.460 e. The zero-order chi connectivity index (χ0) is 49.6. The number of ether oxygens (including phenoxy) is 5. The number of carbonyl (C=O) groups is 5. The molecule has 1 amide bonds. The minimum atomic E-state index is -2.39. The van der Waals surface area contributed by atoms with E-state index in [1.165, 1.54) is 4.90 Å². The summed E-state index contributed by atoms with van der Waals surface area (Å²) >= 11 is 0. The fourth-order valence-corrected chi connectivity index (χ4v) is 11.3. The number of ketones is 3. The van der Waals surface area contributed by atoms with Gasteiger partial charge in [0.1, 0.15) is 24.0 Å². The predicted molar refractivity (Wildman–Crippen MR) is 261 cm³/mol. The average molecular weight is 938 g/mol. The number of Topliss-reactive ketones (excluding diaryl/α,β-unsaturated/α-hetero) is 3. The van der Waals surface area contributed by atoms with Crippen LogP contribution in [-0.4, -0.2) is 109 Å². The van der Waals surface area contributed by atoms with Gasteiger partial charge in [0, 0.05) is 64.4 Å². The molecule has 4 aliphatic rings. The molecule has 12 nitrogen and oxygen atoms in total. The van der Waals surface area contributed by atoms with Crippen LogP contribution in [0.5, 0.6) is 0 Å². The number of nitrogens with zero attached hydrogens (tertiary/aromatic N) is 1. The first-order valence-electron chi connectivity index (χ1n) is 25.6. The van der Waals surface area contributed by atoms with Crippen LogP contribution in [-0.2, 0) is 47.7 Å². The van der Waals surface area contributed by atoms with E-state index in [1.807, 2.05) is 71.9 Å². The molecule has 1 saturated carbocycles. The van der Waals surface area contributed by atoms with Gasteiger partial charge in [-0.1, -0.05) is 96.9 Å². The summed E-state index contributed by atoms with van der Waals surface area (Å²) in [5.41, 5.74) is 1.81. The molecule has 0 aromatic rings. The highest BCUT2D eigenvalue weighted by molar-refractivity contribution is 6.39. The molecule has 67 heavy (non-hydrogen) atoms. The number of aliphatic hydroxyl groups is 1. The molecule has 0 spiro atoms. The molecular weight excluding hydrogens is 851 g/mol. The second kappa shape index (κ2) is 26.6. The number of fused-ring (bicyclic) bond motifs is 3. The molecule has 3 fully saturated rings. The third kappa shape index (κ3) is 14.9. The molecule has 0 aromatic carbocycles. The van der Waals surface area contributed by atoms with Crippen molar-refractivity contribution in [1.29, 1.82) is 0 Å². The fraction of sp³-hybridized carbons (Fsp3) is 0.764. The van der Waals surface area contributed by atoms with Gasteiger partial charge in [-0.2, -0.15) is 0 Å². The van der Waals surface area contributed by atoms with E-state index in [0.717, 1.165) is 43.3 Å². The van der Waals surface area contributed by atoms with Crippen molar-refractivity contribution in [1.82, 2.24) is 4.90 Å². The van der Waals surface area contributed by atoms with Crippen molar-refractivity contribution in [2.24, 2.45) is 47.3 Å². The molecule has 3 aliphatic heterocycles. The molecule has 2 unspecified atom stereocenters. The first-order chi connectivity index (χ1) is 31.8. The Hall–Kier alpha value is -3.29. The highest BCUT2D eigenvalue weighted by atomic mass is 16.6. The molecule has 3 heterocycles. The zero-order valence-corrected chi connectivity index (χ0v) is 43.1. The molecule has 2 bridgehead atoms. The monoisotopic (exact) mass is 938 g/mol. The van der Waals surface area contributed by atoms with Crippen molar-refractivity contribution in [3.8, 4) is 0 Å². The van der Waals surface area contributed by atoms with E-state index >= 15 is 0 Å². The SMILES string of the molecule is CC[C@@H]1CC[C@@H](CC(C)C2CC(=O)[C@H](C)/C=C(\C)[C@@H](CC)[C@@H](OC)C(=O)[C@H](C)C[C@H](C)/C=C/C=C/C=C(\C)[C@@H](OC)C[C@@H]3CC[C@@H](C)[C@@](O)(O3)C(=O)C(=O)N3CCCC[C@H]3C(=O)O2)C[C@H]1OC. The van der Waals surface area contributed by atoms with Crippen LogP contribution in [0.15, 0.2) is 47.6 Å². The van der Waals surface area contributed by atoms with Gasteiger partial charge in [-0.25, -0.2) is 4.79 Å².